The zero-order chi connectivity index (χ0) is 16.0. The lowest BCUT2D eigenvalue weighted by Crippen LogP contribution is -2.27. The highest BCUT2D eigenvalue weighted by Gasteiger charge is 2.28. The second-order valence-corrected chi connectivity index (χ2v) is 6.25. The first kappa shape index (κ1) is 14.9. The number of ether oxygens (including phenoxy) is 2. The van der Waals surface area contributed by atoms with Crippen molar-refractivity contribution >= 4 is 16.7 Å². The molecule has 1 saturated heterocycles. The summed E-state index contributed by atoms with van der Waals surface area (Å²) in [7, 11) is 0. The molecule has 1 aromatic heterocycles. The van der Waals surface area contributed by atoms with Gasteiger partial charge in [0.05, 0.1) is 31.0 Å². The number of anilines is 1. The van der Waals surface area contributed by atoms with Gasteiger partial charge in [-0.25, -0.2) is 4.39 Å². The first-order valence-corrected chi connectivity index (χ1v) is 8.03. The molecule has 2 fully saturated rings. The van der Waals surface area contributed by atoms with E-state index in [2.05, 4.69) is 5.32 Å². The Labute approximate surface area is 133 Å². The standard InChI is InChI=1S/C17H20FNO4/c1-9-10(17-21-5-6-22-17)7-11-13(8-23-16(11)15(9)18)19-12-3-2-4-14(12)20/h7-8,12,14,17,19-20H,2-6H2,1H3/t12-,14-/m0/s1. The monoisotopic (exact) mass is 321 g/mol. The summed E-state index contributed by atoms with van der Waals surface area (Å²) in [6.45, 7) is 2.72. The van der Waals surface area contributed by atoms with Crippen molar-refractivity contribution < 1.29 is 23.4 Å². The predicted octanol–water partition coefficient (Wildman–Crippen LogP) is 3.25. The van der Waals surface area contributed by atoms with E-state index in [1.807, 2.05) is 6.07 Å². The fraction of sp³-hybridized carbons (Fsp3) is 0.529. The van der Waals surface area contributed by atoms with Gasteiger partial charge in [0.2, 0.25) is 0 Å². The van der Waals surface area contributed by atoms with E-state index in [9.17, 15) is 9.50 Å². The molecule has 1 saturated carbocycles. The second-order valence-electron chi connectivity index (χ2n) is 6.25. The third-order valence-electron chi connectivity index (χ3n) is 4.79. The first-order valence-electron chi connectivity index (χ1n) is 8.03. The minimum Gasteiger partial charge on any atom is -0.459 e. The largest absolute Gasteiger partial charge is 0.459 e. The molecule has 0 spiro atoms. The minimum absolute atomic E-state index is 0.0254. The molecule has 2 aliphatic rings. The van der Waals surface area contributed by atoms with Crippen LogP contribution in [0.15, 0.2) is 16.7 Å². The fourth-order valence-electron chi connectivity index (χ4n) is 3.44. The van der Waals surface area contributed by atoms with Gasteiger partial charge in [0, 0.05) is 10.9 Å². The van der Waals surface area contributed by atoms with Crippen molar-refractivity contribution in [3.63, 3.8) is 0 Å². The Morgan fingerprint density at radius 2 is 2.04 bits per heavy atom. The number of hydrogen-bond acceptors (Lipinski definition) is 5. The summed E-state index contributed by atoms with van der Waals surface area (Å²) >= 11 is 0. The molecule has 23 heavy (non-hydrogen) atoms. The molecule has 1 aromatic carbocycles. The minimum atomic E-state index is -0.534. The van der Waals surface area contributed by atoms with Crippen LogP contribution in [0.2, 0.25) is 0 Å². The molecule has 2 N–H and O–H groups in total. The molecular weight excluding hydrogens is 301 g/mol. The molecule has 1 aliphatic heterocycles. The zero-order valence-electron chi connectivity index (χ0n) is 13.0. The van der Waals surface area contributed by atoms with Crippen molar-refractivity contribution in [2.75, 3.05) is 18.5 Å². The van der Waals surface area contributed by atoms with E-state index in [1.165, 1.54) is 6.26 Å². The van der Waals surface area contributed by atoms with Crippen LogP contribution in [-0.4, -0.2) is 30.5 Å². The van der Waals surface area contributed by atoms with Gasteiger partial charge in [0.1, 0.15) is 6.26 Å². The fourth-order valence-corrected chi connectivity index (χ4v) is 3.44. The lowest BCUT2D eigenvalue weighted by molar-refractivity contribution is -0.0446. The molecule has 124 valence electrons. The van der Waals surface area contributed by atoms with E-state index in [-0.39, 0.29) is 17.7 Å². The maximum absolute atomic E-state index is 14.6. The van der Waals surface area contributed by atoms with Gasteiger partial charge in [-0.1, -0.05) is 0 Å². The SMILES string of the molecule is Cc1c(C2OCCO2)cc2c(N[C@H]3CCC[C@@H]3O)coc2c1F. The Morgan fingerprint density at radius 3 is 2.74 bits per heavy atom. The smallest absolute Gasteiger partial charge is 0.184 e. The van der Waals surface area contributed by atoms with Crippen LogP contribution in [0, 0.1) is 12.7 Å². The number of rotatable bonds is 3. The molecule has 0 radical (unpaired) electrons. The average molecular weight is 321 g/mol. The molecule has 2 aromatic rings. The summed E-state index contributed by atoms with van der Waals surface area (Å²) in [5, 5.41) is 13.9. The summed E-state index contributed by atoms with van der Waals surface area (Å²) in [5.74, 6) is -0.392. The third-order valence-corrected chi connectivity index (χ3v) is 4.79. The van der Waals surface area contributed by atoms with Crippen LogP contribution in [0.4, 0.5) is 10.1 Å². The van der Waals surface area contributed by atoms with Crippen LogP contribution >= 0.6 is 0 Å². The first-order chi connectivity index (χ1) is 11.1. The lowest BCUT2D eigenvalue weighted by Gasteiger charge is -2.17. The molecule has 1 aliphatic carbocycles. The molecule has 4 rings (SSSR count). The van der Waals surface area contributed by atoms with Crippen LogP contribution in [0.25, 0.3) is 11.0 Å². The van der Waals surface area contributed by atoms with Crippen LogP contribution in [-0.2, 0) is 9.47 Å². The quantitative estimate of drug-likeness (QED) is 0.908. The van der Waals surface area contributed by atoms with Crippen LogP contribution in [0.5, 0.6) is 0 Å². The molecule has 2 atom stereocenters. The molecule has 0 amide bonds. The number of halogens is 1. The van der Waals surface area contributed by atoms with E-state index < -0.39 is 12.1 Å². The molecular formula is C17H20FNO4. The van der Waals surface area contributed by atoms with Gasteiger partial charge in [0.25, 0.3) is 0 Å². The maximum Gasteiger partial charge on any atom is 0.184 e. The average Bonchev–Trinajstić information content (AvgIpc) is 3.26. The Morgan fingerprint density at radius 1 is 1.26 bits per heavy atom. The van der Waals surface area contributed by atoms with E-state index in [1.54, 1.807) is 6.92 Å². The van der Waals surface area contributed by atoms with Crippen LogP contribution in [0.3, 0.4) is 0 Å². The Hall–Kier alpha value is -1.63. The molecule has 6 heteroatoms. The van der Waals surface area contributed by atoms with E-state index in [0.717, 1.165) is 19.3 Å². The number of aliphatic hydroxyl groups excluding tert-OH is 1. The predicted molar refractivity (Wildman–Crippen MR) is 82.8 cm³/mol. The van der Waals surface area contributed by atoms with E-state index in [4.69, 9.17) is 13.9 Å². The molecule has 0 unspecified atom stereocenters. The lowest BCUT2D eigenvalue weighted by atomic mass is 10.0. The molecule has 5 nitrogen and oxygen atoms in total. The molecule has 2 heterocycles. The zero-order valence-corrected chi connectivity index (χ0v) is 13.0. The van der Waals surface area contributed by atoms with Crippen molar-refractivity contribution in [1.82, 2.24) is 0 Å². The number of furan rings is 1. The topological polar surface area (TPSA) is 63.9 Å². The Bertz CT molecular complexity index is 723. The van der Waals surface area contributed by atoms with Crippen molar-refractivity contribution in [1.29, 1.82) is 0 Å². The van der Waals surface area contributed by atoms with Crippen molar-refractivity contribution in [2.24, 2.45) is 0 Å². The number of hydrogen-bond donors (Lipinski definition) is 2. The van der Waals surface area contributed by atoms with Crippen molar-refractivity contribution in [3.8, 4) is 0 Å². The van der Waals surface area contributed by atoms with Gasteiger partial charge in [-0.15, -0.1) is 0 Å². The van der Waals surface area contributed by atoms with Crippen LogP contribution < -0.4 is 5.32 Å². The van der Waals surface area contributed by atoms with Crippen molar-refractivity contribution in [2.45, 2.75) is 44.6 Å². The van der Waals surface area contributed by atoms with Gasteiger partial charge in [-0.3, -0.25) is 0 Å². The summed E-state index contributed by atoms with van der Waals surface area (Å²) < 4.78 is 31.1. The highest BCUT2D eigenvalue weighted by Crippen LogP contribution is 2.37. The normalized spacial score (nSPS) is 25.5. The summed E-state index contributed by atoms with van der Waals surface area (Å²) in [6, 6.07) is 1.83. The van der Waals surface area contributed by atoms with Gasteiger partial charge in [-0.2, -0.15) is 0 Å². The summed E-state index contributed by atoms with van der Waals surface area (Å²) in [5.41, 5.74) is 2.08. The van der Waals surface area contributed by atoms with Gasteiger partial charge < -0.3 is 24.3 Å². The van der Waals surface area contributed by atoms with E-state index in [0.29, 0.717) is 35.4 Å². The Balaban J connectivity index is 1.74. The number of benzene rings is 1. The molecule has 0 bridgehead atoms. The van der Waals surface area contributed by atoms with Gasteiger partial charge >= 0.3 is 0 Å². The Kier molecular flexibility index (Phi) is 3.75. The van der Waals surface area contributed by atoms with Crippen molar-refractivity contribution in [3.05, 3.63) is 29.3 Å². The van der Waals surface area contributed by atoms with Crippen LogP contribution in [0.1, 0.15) is 36.7 Å². The van der Waals surface area contributed by atoms with E-state index >= 15 is 0 Å². The van der Waals surface area contributed by atoms with Gasteiger partial charge in [0.15, 0.2) is 17.7 Å². The summed E-state index contributed by atoms with van der Waals surface area (Å²) in [4.78, 5) is 0. The highest BCUT2D eigenvalue weighted by atomic mass is 19.1. The second kappa shape index (κ2) is 5.78. The summed E-state index contributed by atoms with van der Waals surface area (Å²) in [6.07, 6.45) is 3.26. The third kappa shape index (κ3) is 2.51. The highest BCUT2D eigenvalue weighted by molar-refractivity contribution is 5.92. The maximum atomic E-state index is 14.6. The number of nitrogens with one attached hydrogen (secondary N) is 1. The van der Waals surface area contributed by atoms with Gasteiger partial charge in [-0.05, 0) is 37.8 Å². The number of fused-ring (bicyclic) bond motifs is 1. The number of aliphatic hydroxyl groups is 1.